The summed E-state index contributed by atoms with van der Waals surface area (Å²) in [6, 6.07) is 0.631. The van der Waals surface area contributed by atoms with Crippen LogP contribution < -0.4 is 5.32 Å². The predicted molar refractivity (Wildman–Crippen MR) is 84.2 cm³/mol. The van der Waals surface area contributed by atoms with Crippen molar-refractivity contribution in [3.05, 3.63) is 16.4 Å². The number of nitrogens with one attached hydrogen (secondary N) is 1. The molecule has 1 saturated heterocycles. The molecule has 5 heteroatoms. The zero-order valence-electron chi connectivity index (χ0n) is 13.0. The van der Waals surface area contributed by atoms with Crippen molar-refractivity contribution in [1.82, 2.24) is 20.0 Å². The van der Waals surface area contributed by atoms with Crippen molar-refractivity contribution >= 4 is 11.6 Å². The average Bonchev–Trinajstić information content (AvgIpc) is 2.67. The van der Waals surface area contributed by atoms with E-state index in [4.69, 9.17) is 11.6 Å². The Kier molecular flexibility index (Phi) is 5.87. The van der Waals surface area contributed by atoms with E-state index in [2.05, 4.69) is 29.2 Å². The standard InChI is InChI=1S/C15H27ClN4/c1-4-8-17-10-13-7-5-6-9-20(13)11-14-12(2)18-19(3)15(14)16/h13,17H,4-11H2,1-3H3. The quantitative estimate of drug-likeness (QED) is 0.820. The highest BCUT2D eigenvalue weighted by atomic mass is 35.5. The minimum absolute atomic E-state index is 0.631. The Morgan fingerprint density at radius 1 is 1.40 bits per heavy atom. The zero-order chi connectivity index (χ0) is 14.5. The lowest BCUT2D eigenvalue weighted by Crippen LogP contribution is -2.45. The summed E-state index contributed by atoms with van der Waals surface area (Å²) in [5.74, 6) is 0. The fourth-order valence-corrected chi connectivity index (χ4v) is 3.24. The molecular weight excluding hydrogens is 272 g/mol. The molecule has 114 valence electrons. The van der Waals surface area contributed by atoms with Crippen LogP contribution in [-0.4, -0.2) is 40.4 Å². The average molecular weight is 299 g/mol. The third kappa shape index (κ3) is 3.74. The number of piperidine rings is 1. The number of hydrogen-bond acceptors (Lipinski definition) is 3. The largest absolute Gasteiger partial charge is 0.315 e. The van der Waals surface area contributed by atoms with Crippen LogP contribution >= 0.6 is 11.6 Å². The number of halogens is 1. The molecule has 0 radical (unpaired) electrons. The Labute approximate surface area is 127 Å². The van der Waals surface area contributed by atoms with Crippen LogP contribution in [0.3, 0.4) is 0 Å². The van der Waals surface area contributed by atoms with Crippen LogP contribution in [-0.2, 0) is 13.6 Å². The highest BCUT2D eigenvalue weighted by Gasteiger charge is 2.24. The van der Waals surface area contributed by atoms with E-state index in [1.165, 1.54) is 37.8 Å². The highest BCUT2D eigenvalue weighted by molar-refractivity contribution is 6.30. The maximum atomic E-state index is 6.37. The minimum Gasteiger partial charge on any atom is -0.315 e. The molecule has 0 amide bonds. The lowest BCUT2D eigenvalue weighted by Gasteiger charge is -2.36. The Morgan fingerprint density at radius 3 is 2.85 bits per heavy atom. The third-order valence-electron chi connectivity index (χ3n) is 4.19. The van der Waals surface area contributed by atoms with Gasteiger partial charge in [0.05, 0.1) is 5.69 Å². The van der Waals surface area contributed by atoms with Gasteiger partial charge in [-0.2, -0.15) is 5.10 Å². The molecule has 4 nitrogen and oxygen atoms in total. The molecule has 1 aromatic rings. The summed E-state index contributed by atoms with van der Waals surface area (Å²) in [5.41, 5.74) is 2.25. The fourth-order valence-electron chi connectivity index (χ4n) is 3.00. The Morgan fingerprint density at radius 2 is 2.20 bits per heavy atom. The highest BCUT2D eigenvalue weighted by Crippen LogP contribution is 2.24. The first-order valence-corrected chi connectivity index (χ1v) is 8.14. The van der Waals surface area contributed by atoms with Gasteiger partial charge in [-0.1, -0.05) is 24.9 Å². The molecule has 1 aliphatic rings. The van der Waals surface area contributed by atoms with Crippen molar-refractivity contribution in [2.24, 2.45) is 7.05 Å². The topological polar surface area (TPSA) is 33.1 Å². The first kappa shape index (κ1) is 15.8. The Hall–Kier alpha value is -0.580. The van der Waals surface area contributed by atoms with E-state index in [1.54, 1.807) is 4.68 Å². The Bertz CT molecular complexity index is 430. The maximum absolute atomic E-state index is 6.37. The van der Waals surface area contributed by atoms with E-state index in [0.29, 0.717) is 6.04 Å². The number of aryl methyl sites for hydroxylation is 2. The molecule has 1 atom stereocenters. The van der Waals surface area contributed by atoms with Gasteiger partial charge in [-0.3, -0.25) is 9.58 Å². The van der Waals surface area contributed by atoms with Gasteiger partial charge in [0.25, 0.3) is 0 Å². The molecule has 2 heterocycles. The summed E-state index contributed by atoms with van der Waals surface area (Å²) in [6.45, 7) is 8.56. The maximum Gasteiger partial charge on any atom is 0.131 e. The van der Waals surface area contributed by atoms with Crippen molar-refractivity contribution in [3.8, 4) is 0 Å². The second-order valence-electron chi connectivity index (χ2n) is 5.80. The van der Waals surface area contributed by atoms with Gasteiger partial charge in [0.15, 0.2) is 0 Å². The van der Waals surface area contributed by atoms with Crippen LogP contribution in [0.25, 0.3) is 0 Å². The summed E-state index contributed by atoms with van der Waals surface area (Å²) in [6.07, 6.45) is 5.11. The van der Waals surface area contributed by atoms with E-state index >= 15 is 0 Å². The van der Waals surface area contributed by atoms with Crippen molar-refractivity contribution in [3.63, 3.8) is 0 Å². The van der Waals surface area contributed by atoms with E-state index in [0.717, 1.165) is 30.5 Å². The number of likely N-dealkylation sites (tertiary alicyclic amines) is 1. The molecule has 0 saturated carbocycles. The van der Waals surface area contributed by atoms with Crippen LogP contribution in [0.15, 0.2) is 0 Å². The van der Waals surface area contributed by atoms with Gasteiger partial charge in [-0.25, -0.2) is 0 Å². The molecule has 1 aromatic heterocycles. The van der Waals surface area contributed by atoms with Crippen LogP contribution in [0.1, 0.15) is 43.9 Å². The van der Waals surface area contributed by atoms with Crippen LogP contribution in [0.4, 0.5) is 0 Å². The molecule has 0 aromatic carbocycles. The van der Waals surface area contributed by atoms with Gasteiger partial charge >= 0.3 is 0 Å². The van der Waals surface area contributed by atoms with Gasteiger partial charge in [-0.05, 0) is 39.3 Å². The molecule has 0 bridgehead atoms. The molecule has 20 heavy (non-hydrogen) atoms. The van der Waals surface area contributed by atoms with Gasteiger partial charge < -0.3 is 5.32 Å². The minimum atomic E-state index is 0.631. The fraction of sp³-hybridized carbons (Fsp3) is 0.800. The molecule has 1 aliphatic heterocycles. The lowest BCUT2D eigenvalue weighted by atomic mass is 10.0. The molecule has 0 aliphatic carbocycles. The van der Waals surface area contributed by atoms with Crippen molar-refractivity contribution < 1.29 is 0 Å². The first-order chi connectivity index (χ1) is 9.63. The van der Waals surface area contributed by atoms with E-state index < -0.39 is 0 Å². The lowest BCUT2D eigenvalue weighted by molar-refractivity contribution is 0.137. The van der Waals surface area contributed by atoms with E-state index in [1.807, 2.05) is 7.05 Å². The zero-order valence-corrected chi connectivity index (χ0v) is 13.7. The smallest absolute Gasteiger partial charge is 0.131 e. The third-order valence-corrected chi connectivity index (χ3v) is 4.66. The molecule has 0 spiro atoms. The van der Waals surface area contributed by atoms with Gasteiger partial charge in [0.1, 0.15) is 5.15 Å². The summed E-state index contributed by atoms with van der Waals surface area (Å²) in [7, 11) is 1.91. The normalized spacial score (nSPS) is 20.5. The molecule has 1 N–H and O–H groups in total. The molecule has 1 unspecified atom stereocenters. The van der Waals surface area contributed by atoms with Gasteiger partial charge in [0, 0.05) is 31.7 Å². The second-order valence-corrected chi connectivity index (χ2v) is 6.16. The van der Waals surface area contributed by atoms with Crippen LogP contribution in [0, 0.1) is 6.92 Å². The van der Waals surface area contributed by atoms with Crippen molar-refractivity contribution in [1.29, 1.82) is 0 Å². The van der Waals surface area contributed by atoms with Crippen LogP contribution in [0.5, 0.6) is 0 Å². The van der Waals surface area contributed by atoms with E-state index in [-0.39, 0.29) is 0 Å². The van der Waals surface area contributed by atoms with Crippen molar-refractivity contribution in [2.45, 2.75) is 52.1 Å². The number of hydrogen-bond donors (Lipinski definition) is 1. The number of aromatic nitrogens is 2. The number of rotatable bonds is 6. The van der Waals surface area contributed by atoms with Gasteiger partial charge in [0.2, 0.25) is 0 Å². The Balaban J connectivity index is 2.00. The summed E-state index contributed by atoms with van der Waals surface area (Å²) >= 11 is 6.37. The molecule has 2 rings (SSSR count). The van der Waals surface area contributed by atoms with Crippen LogP contribution in [0.2, 0.25) is 5.15 Å². The predicted octanol–water partition coefficient (Wildman–Crippen LogP) is 2.74. The number of nitrogens with zero attached hydrogens (tertiary/aromatic N) is 3. The first-order valence-electron chi connectivity index (χ1n) is 7.76. The molecular formula is C15H27ClN4. The summed E-state index contributed by atoms with van der Waals surface area (Å²) < 4.78 is 1.78. The SMILES string of the molecule is CCCNCC1CCCCN1Cc1c(C)nn(C)c1Cl. The summed E-state index contributed by atoms with van der Waals surface area (Å²) in [5, 5.41) is 8.76. The van der Waals surface area contributed by atoms with E-state index in [9.17, 15) is 0 Å². The van der Waals surface area contributed by atoms with Gasteiger partial charge in [-0.15, -0.1) is 0 Å². The summed E-state index contributed by atoms with van der Waals surface area (Å²) in [4.78, 5) is 2.57. The second kappa shape index (κ2) is 7.43. The monoisotopic (exact) mass is 298 g/mol. The van der Waals surface area contributed by atoms with Crippen molar-refractivity contribution in [2.75, 3.05) is 19.6 Å². The molecule has 1 fully saturated rings.